The number of nitrogens with zero attached hydrogens (tertiary/aromatic N) is 3. The molecular formula is C20H19N3O3. The van der Waals surface area contributed by atoms with E-state index in [4.69, 9.17) is 0 Å². The number of Topliss-reactive ketones (excluding diaryl/α,β-unsaturated/α-hetero) is 1. The Hall–Kier alpha value is -3.02. The Kier molecular flexibility index (Phi) is 4.03. The fourth-order valence-electron chi connectivity index (χ4n) is 3.68. The van der Waals surface area contributed by atoms with Crippen LogP contribution in [0.2, 0.25) is 0 Å². The number of pyridine rings is 1. The SMILES string of the molecule is CCn1c(=O)n(Cc2ccccc2)c(=O)c2c3c(cnc21)C(=O)CCC3. The van der Waals surface area contributed by atoms with E-state index in [-0.39, 0.29) is 23.6 Å². The van der Waals surface area contributed by atoms with Crippen LogP contribution >= 0.6 is 0 Å². The van der Waals surface area contributed by atoms with Crippen LogP contribution in [-0.4, -0.2) is 19.9 Å². The quantitative estimate of drug-likeness (QED) is 0.726. The van der Waals surface area contributed by atoms with Crippen molar-refractivity contribution < 1.29 is 4.79 Å². The van der Waals surface area contributed by atoms with Gasteiger partial charge in [-0.25, -0.2) is 9.78 Å². The first-order valence-electron chi connectivity index (χ1n) is 8.84. The Morgan fingerprint density at radius 1 is 1.04 bits per heavy atom. The molecule has 0 radical (unpaired) electrons. The van der Waals surface area contributed by atoms with Crippen molar-refractivity contribution in [2.75, 3.05) is 0 Å². The maximum Gasteiger partial charge on any atom is 0.332 e. The molecule has 1 aliphatic rings. The van der Waals surface area contributed by atoms with Crippen LogP contribution in [0.4, 0.5) is 0 Å². The molecule has 2 aromatic heterocycles. The van der Waals surface area contributed by atoms with Crippen molar-refractivity contribution in [3.63, 3.8) is 0 Å². The van der Waals surface area contributed by atoms with E-state index in [9.17, 15) is 14.4 Å². The second-order valence-electron chi connectivity index (χ2n) is 6.53. The van der Waals surface area contributed by atoms with Crippen molar-refractivity contribution in [2.45, 2.75) is 39.3 Å². The highest BCUT2D eigenvalue weighted by atomic mass is 16.2. The molecule has 0 saturated heterocycles. The minimum Gasteiger partial charge on any atom is -0.294 e. The van der Waals surface area contributed by atoms with Gasteiger partial charge >= 0.3 is 5.69 Å². The Bertz CT molecular complexity index is 1130. The monoisotopic (exact) mass is 349 g/mol. The summed E-state index contributed by atoms with van der Waals surface area (Å²) >= 11 is 0. The number of hydrogen-bond acceptors (Lipinski definition) is 4. The molecule has 0 saturated carbocycles. The molecule has 0 bridgehead atoms. The molecule has 0 aliphatic heterocycles. The summed E-state index contributed by atoms with van der Waals surface area (Å²) in [7, 11) is 0. The minimum atomic E-state index is -0.372. The van der Waals surface area contributed by atoms with Crippen LogP contribution in [0.15, 0.2) is 46.1 Å². The van der Waals surface area contributed by atoms with Crippen molar-refractivity contribution >= 4 is 16.8 Å². The summed E-state index contributed by atoms with van der Waals surface area (Å²) in [6.07, 6.45) is 3.37. The van der Waals surface area contributed by atoms with E-state index in [0.717, 1.165) is 11.1 Å². The topological polar surface area (TPSA) is 74.0 Å². The Morgan fingerprint density at radius 2 is 1.81 bits per heavy atom. The van der Waals surface area contributed by atoms with Crippen LogP contribution in [0.25, 0.3) is 11.0 Å². The molecule has 6 heteroatoms. The van der Waals surface area contributed by atoms with Crippen molar-refractivity contribution in [1.29, 1.82) is 0 Å². The lowest BCUT2D eigenvalue weighted by atomic mass is 9.90. The number of fused-ring (bicyclic) bond motifs is 3. The van der Waals surface area contributed by atoms with Crippen molar-refractivity contribution in [3.8, 4) is 0 Å². The third-order valence-corrected chi connectivity index (χ3v) is 4.97. The second kappa shape index (κ2) is 6.37. The molecule has 6 nitrogen and oxygen atoms in total. The first kappa shape index (κ1) is 16.4. The smallest absolute Gasteiger partial charge is 0.294 e. The van der Waals surface area contributed by atoms with Gasteiger partial charge in [0.2, 0.25) is 0 Å². The number of benzene rings is 1. The molecule has 0 spiro atoms. The van der Waals surface area contributed by atoms with Gasteiger partial charge in [-0.05, 0) is 30.9 Å². The maximum atomic E-state index is 13.2. The fraction of sp³-hybridized carbons (Fsp3) is 0.300. The molecule has 1 aliphatic carbocycles. The van der Waals surface area contributed by atoms with E-state index in [1.807, 2.05) is 37.3 Å². The predicted molar refractivity (Wildman–Crippen MR) is 98.7 cm³/mol. The molecule has 2 heterocycles. The molecule has 0 fully saturated rings. The molecule has 0 unspecified atom stereocenters. The van der Waals surface area contributed by atoms with Gasteiger partial charge < -0.3 is 0 Å². The van der Waals surface area contributed by atoms with Gasteiger partial charge in [-0.3, -0.25) is 18.7 Å². The van der Waals surface area contributed by atoms with Crippen LogP contribution in [-0.2, 0) is 19.5 Å². The zero-order valence-corrected chi connectivity index (χ0v) is 14.6. The van der Waals surface area contributed by atoms with Crippen LogP contribution in [0.3, 0.4) is 0 Å². The number of ketones is 1. The van der Waals surface area contributed by atoms with Crippen molar-refractivity contribution in [3.05, 3.63) is 74.1 Å². The molecule has 0 N–H and O–H groups in total. The maximum absolute atomic E-state index is 13.2. The Labute approximate surface area is 149 Å². The van der Waals surface area contributed by atoms with Gasteiger partial charge in [-0.2, -0.15) is 0 Å². The van der Waals surface area contributed by atoms with Crippen LogP contribution in [0, 0.1) is 0 Å². The number of carbonyl (C=O) groups excluding carboxylic acids is 1. The summed E-state index contributed by atoms with van der Waals surface area (Å²) in [6.45, 7) is 2.46. The summed E-state index contributed by atoms with van der Waals surface area (Å²) in [5, 5.41) is 0.410. The molecule has 1 aromatic carbocycles. The fourth-order valence-corrected chi connectivity index (χ4v) is 3.68. The molecule has 0 amide bonds. The van der Waals surface area contributed by atoms with E-state index in [0.29, 0.717) is 42.4 Å². The van der Waals surface area contributed by atoms with Gasteiger partial charge in [-0.15, -0.1) is 0 Å². The summed E-state index contributed by atoms with van der Waals surface area (Å²) < 4.78 is 2.77. The average molecular weight is 349 g/mol. The highest BCUT2D eigenvalue weighted by Crippen LogP contribution is 2.25. The number of carbonyl (C=O) groups is 1. The zero-order valence-electron chi connectivity index (χ0n) is 14.6. The number of hydrogen-bond donors (Lipinski definition) is 0. The third-order valence-electron chi connectivity index (χ3n) is 4.97. The van der Waals surface area contributed by atoms with Crippen LogP contribution < -0.4 is 11.2 Å². The minimum absolute atomic E-state index is 0.0175. The van der Waals surface area contributed by atoms with Gasteiger partial charge in [0.1, 0.15) is 5.65 Å². The van der Waals surface area contributed by atoms with Gasteiger partial charge in [-0.1, -0.05) is 30.3 Å². The number of aromatic nitrogens is 3. The van der Waals surface area contributed by atoms with Gasteiger partial charge in [0, 0.05) is 24.7 Å². The standard InChI is InChI=1S/C20H19N3O3/c1-2-22-18-17(14-9-6-10-16(24)15(14)11-21-18)19(25)23(20(22)26)12-13-7-4-3-5-8-13/h3-5,7-8,11H,2,6,9-10,12H2,1H3. The van der Waals surface area contributed by atoms with E-state index >= 15 is 0 Å². The molecule has 4 rings (SSSR count). The summed E-state index contributed by atoms with van der Waals surface area (Å²) in [6, 6.07) is 9.41. The lowest BCUT2D eigenvalue weighted by Crippen LogP contribution is -2.41. The Morgan fingerprint density at radius 3 is 2.54 bits per heavy atom. The number of rotatable bonds is 3. The lowest BCUT2D eigenvalue weighted by Gasteiger charge is -2.19. The molecule has 0 atom stereocenters. The summed E-state index contributed by atoms with van der Waals surface area (Å²) in [5.74, 6) is 0.0175. The second-order valence-corrected chi connectivity index (χ2v) is 6.53. The van der Waals surface area contributed by atoms with Gasteiger partial charge in [0.25, 0.3) is 5.56 Å². The Balaban J connectivity index is 2.05. The van der Waals surface area contributed by atoms with Crippen LogP contribution in [0.5, 0.6) is 0 Å². The zero-order chi connectivity index (χ0) is 18.3. The molecular weight excluding hydrogens is 330 g/mol. The van der Waals surface area contributed by atoms with Crippen molar-refractivity contribution in [1.82, 2.24) is 14.1 Å². The highest BCUT2D eigenvalue weighted by Gasteiger charge is 2.24. The summed E-state index contributed by atoms with van der Waals surface area (Å²) in [4.78, 5) is 42.6. The van der Waals surface area contributed by atoms with Gasteiger partial charge in [0.05, 0.1) is 11.9 Å². The number of aryl methyl sites for hydroxylation is 2. The largest absolute Gasteiger partial charge is 0.332 e. The normalized spacial score (nSPS) is 13.8. The van der Waals surface area contributed by atoms with Crippen molar-refractivity contribution in [2.24, 2.45) is 0 Å². The summed E-state index contributed by atoms with van der Waals surface area (Å²) in [5.41, 5.74) is 1.78. The molecule has 26 heavy (non-hydrogen) atoms. The molecule has 132 valence electrons. The molecule has 3 aromatic rings. The third kappa shape index (κ3) is 2.49. The van der Waals surface area contributed by atoms with E-state index in [2.05, 4.69) is 4.98 Å². The first-order valence-corrected chi connectivity index (χ1v) is 8.84. The van der Waals surface area contributed by atoms with E-state index < -0.39 is 0 Å². The average Bonchev–Trinajstić information content (AvgIpc) is 2.66. The van der Waals surface area contributed by atoms with E-state index in [1.54, 1.807) is 0 Å². The highest BCUT2D eigenvalue weighted by molar-refractivity contribution is 6.01. The lowest BCUT2D eigenvalue weighted by molar-refractivity contribution is 0.0972. The predicted octanol–water partition coefficient (Wildman–Crippen LogP) is 2.15. The van der Waals surface area contributed by atoms with Gasteiger partial charge in [0.15, 0.2) is 5.78 Å². The van der Waals surface area contributed by atoms with E-state index in [1.165, 1.54) is 15.3 Å². The van der Waals surface area contributed by atoms with Crippen LogP contribution in [0.1, 0.15) is 41.3 Å². The first-order chi connectivity index (χ1) is 12.6.